The summed E-state index contributed by atoms with van der Waals surface area (Å²) in [6.07, 6.45) is 9.21. The van der Waals surface area contributed by atoms with E-state index in [0.29, 0.717) is 5.54 Å². The highest BCUT2D eigenvalue weighted by atomic mass is 15.2. The molecule has 0 heterocycles. The fourth-order valence-corrected chi connectivity index (χ4v) is 4.61. The van der Waals surface area contributed by atoms with Gasteiger partial charge in [0.05, 0.1) is 0 Å². The van der Waals surface area contributed by atoms with Gasteiger partial charge in [0.2, 0.25) is 0 Å². The standard InChI is InChI=1S/C12H21N/c1-13(2)12-6-9-3-10(7-12)5-11(4-9)8-12/h9-11H,3-8H2,1-2H3/q+1. The fraction of sp³-hybridized carbons (Fsp3) is 1.00. The quantitative estimate of drug-likeness (QED) is 0.545. The number of hydrogen-bond acceptors (Lipinski definition) is 1. The van der Waals surface area contributed by atoms with Crippen LogP contribution in [0.4, 0.5) is 0 Å². The van der Waals surface area contributed by atoms with Gasteiger partial charge in [-0.3, -0.25) is 0 Å². The summed E-state index contributed by atoms with van der Waals surface area (Å²) in [5, 5.41) is 0. The molecular formula is C12H21N+. The van der Waals surface area contributed by atoms with Crippen molar-refractivity contribution in [2.45, 2.75) is 44.1 Å². The van der Waals surface area contributed by atoms with Gasteiger partial charge in [-0.25, -0.2) is 0 Å². The molecule has 4 aliphatic rings. The normalized spacial score (nSPS) is 53.3. The Morgan fingerprint density at radius 2 is 1.23 bits per heavy atom. The number of hydrogen-bond donors (Lipinski definition) is 0. The lowest BCUT2D eigenvalue weighted by molar-refractivity contribution is -0.0400. The van der Waals surface area contributed by atoms with Crippen molar-refractivity contribution < 1.29 is 0 Å². The molecule has 0 aromatic heterocycles. The summed E-state index contributed by atoms with van der Waals surface area (Å²) in [5.74, 6) is 3.27. The van der Waals surface area contributed by atoms with Gasteiger partial charge in [0.1, 0.15) is 19.6 Å². The molecule has 1 nitrogen and oxygen atoms in total. The SMILES string of the molecule is C[N+](C)C12CC3CC(CC(C3)C1)C2. The Morgan fingerprint density at radius 1 is 0.846 bits per heavy atom. The van der Waals surface area contributed by atoms with Crippen LogP contribution >= 0.6 is 0 Å². The van der Waals surface area contributed by atoms with Crippen molar-refractivity contribution in [2.24, 2.45) is 17.8 Å². The van der Waals surface area contributed by atoms with Crippen molar-refractivity contribution in [1.29, 1.82) is 0 Å². The zero-order valence-corrected chi connectivity index (χ0v) is 8.92. The predicted octanol–water partition coefficient (Wildman–Crippen LogP) is 2.35. The van der Waals surface area contributed by atoms with Crippen molar-refractivity contribution in [3.8, 4) is 0 Å². The van der Waals surface area contributed by atoms with Crippen LogP contribution < -0.4 is 4.90 Å². The van der Waals surface area contributed by atoms with E-state index in [1.165, 1.54) is 19.3 Å². The van der Waals surface area contributed by atoms with Gasteiger partial charge < -0.3 is 0 Å². The monoisotopic (exact) mass is 179 g/mol. The molecule has 0 aliphatic heterocycles. The fourth-order valence-electron chi connectivity index (χ4n) is 4.61. The van der Waals surface area contributed by atoms with Gasteiger partial charge in [-0.2, -0.15) is 4.90 Å². The molecule has 0 atom stereocenters. The third-order valence-electron chi connectivity index (χ3n) is 4.95. The molecule has 4 saturated carbocycles. The largest absolute Gasteiger partial charge is 0.170 e. The van der Waals surface area contributed by atoms with Gasteiger partial charge in [-0.1, -0.05) is 0 Å². The van der Waals surface area contributed by atoms with Crippen molar-refractivity contribution in [3.05, 3.63) is 0 Å². The lowest BCUT2D eigenvalue weighted by Gasteiger charge is -2.54. The molecule has 0 N–H and O–H groups in total. The topological polar surface area (TPSA) is 5.90 Å². The lowest BCUT2D eigenvalue weighted by Crippen LogP contribution is -2.60. The smallest absolute Gasteiger partial charge is 0.142 e. The first-order valence-electron chi connectivity index (χ1n) is 5.85. The van der Waals surface area contributed by atoms with Crippen LogP contribution in [-0.2, 0) is 0 Å². The third-order valence-corrected chi connectivity index (χ3v) is 4.95. The van der Waals surface area contributed by atoms with Gasteiger partial charge in [0.25, 0.3) is 0 Å². The van der Waals surface area contributed by atoms with Gasteiger partial charge in [-0.05, 0) is 37.0 Å². The molecule has 0 aromatic rings. The van der Waals surface area contributed by atoms with Gasteiger partial charge in [-0.15, -0.1) is 0 Å². The highest BCUT2D eigenvalue weighted by Crippen LogP contribution is 2.56. The Kier molecular flexibility index (Phi) is 1.59. The summed E-state index contributed by atoms with van der Waals surface area (Å²) in [5.41, 5.74) is 0.634. The summed E-state index contributed by atoms with van der Waals surface area (Å²) >= 11 is 0. The molecule has 4 fully saturated rings. The van der Waals surface area contributed by atoms with E-state index in [9.17, 15) is 0 Å². The van der Waals surface area contributed by atoms with Crippen molar-refractivity contribution in [1.82, 2.24) is 4.90 Å². The molecule has 4 aliphatic carbocycles. The minimum absolute atomic E-state index is 0.634. The van der Waals surface area contributed by atoms with E-state index in [0.717, 1.165) is 17.8 Å². The molecule has 0 aromatic carbocycles. The van der Waals surface area contributed by atoms with Crippen LogP contribution in [0.25, 0.3) is 0 Å². The van der Waals surface area contributed by atoms with E-state index < -0.39 is 0 Å². The first-order valence-corrected chi connectivity index (χ1v) is 5.85. The molecular weight excluding hydrogens is 158 g/mol. The molecule has 0 unspecified atom stereocenters. The molecule has 13 heavy (non-hydrogen) atoms. The van der Waals surface area contributed by atoms with E-state index in [4.69, 9.17) is 0 Å². The highest BCUT2D eigenvalue weighted by molar-refractivity contribution is 5.07. The Labute approximate surface area is 81.5 Å². The highest BCUT2D eigenvalue weighted by Gasteiger charge is 2.56. The van der Waals surface area contributed by atoms with Crippen molar-refractivity contribution in [3.63, 3.8) is 0 Å². The van der Waals surface area contributed by atoms with Gasteiger partial charge in [0.15, 0.2) is 0 Å². The van der Waals surface area contributed by atoms with E-state index in [1.807, 2.05) is 0 Å². The number of rotatable bonds is 1. The molecule has 0 saturated heterocycles. The van der Waals surface area contributed by atoms with E-state index >= 15 is 0 Å². The molecule has 0 spiro atoms. The predicted molar refractivity (Wildman–Crippen MR) is 54.9 cm³/mol. The first-order chi connectivity index (χ1) is 6.18. The first kappa shape index (κ1) is 8.28. The summed E-state index contributed by atoms with van der Waals surface area (Å²) in [6.45, 7) is 0. The van der Waals surface area contributed by atoms with Crippen molar-refractivity contribution >= 4 is 0 Å². The summed E-state index contributed by atoms with van der Waals surface area (Å²) < 4.78 is 0. The Hall–Kier alpha value is -0.0400. The Morgan fingerprint density at radius 3 is 1.54 bits per heavy atom. The maximum Gasteiger partial charge on any atom is 0.142 e. The maximum absolute atomic E-state index is 2.54. The average Bonchev–Trinajstić information content (AvgIpc) is 2.00. The van der Waals surface area contributed by atoms with Crippen molar-refractivity contribution in [2.75, 3.05) is 14.1 Å². The maximum atomic E-state index is 2.54. The molecule has 73 valence electrons. The zero-order valence-electron chi connectivity index (χ0n) is 8.92. The minimum Gasteiger partial charge on any atom is -0.170 e. The second-order valence-electron chi connectivity index (χ2n) is 6.04. The second-order valence-corrected chi connectivity index (χ2v) is 6.04. The van der Waals surface area contributed by atoms with E-state index in [2.05, 4.69) is 19.0 Å². The van der Waals surface area contributed by atoms with Gasteiger partial charge in [0, 0.05) is 19.3 Å². The summed E-state index contributed by atoms with van der Waals surface area (Å²) in [6, 6.07) is 0. The minimum atomic E-state index is 0.634. The molecule has 4 rings (SSSR count). The molecule has 1 radical (unpaired) electrons. The van der Waals surface area contributed by atoms with Crippen LogP contribution in [-0.4, -0.2) is 19.6 Å². The van der Waals surface area contributed by atoms with E-state index in [-0.39, 0.29) is 0 Å². The summed E-state index contributed by atoms with van der Waals surface area (Å²) in [4.78, 5) is 2.54. The average molecular weight is 179 g/mol. The Balaban J connectivity index is 1.91. The third kappa shape index (κ3) is 1.09. The molecule has 1 heteroatoms. The molecule has 0 amide bonds. The van der Waals surface area contributed by atoms with Crippen LogP contribution in [0.15, 0.2) is 0 Å². The van der Waals surface area contributed by atoms with Crippen LogP contribution in [0.1, 0.15) is 38.5 Å². The van der Waals surface area contributed by atoms with Crippen LogP contribution in [0.5, 0.6) is 0 Å². The summed E-state index contributed by atoms with van der Waals surface area (Å²) in [7, 11) is 4.60. The zero-order chi connectivity index (χ0) is 9.05. The molecule has 4 bridgehead atoms. The van der Waals surface area contributed by atoms with Crippen LogP contribution in [0.2, 0.25) is 0 Å². The second kappa shape index (κ2) is 2.50. The number of nitrogens with zero attached hydrogens (tertiary/aromatic N) is 1. The van der Waals surface area contributed by atoms with E-state index in [1.54, 1.807) is 19.3 Å². The van der Waals surface area contributed by atoms with Crippen LogP contribution in [0.3, 0.4) is 0 Å². The van der Waals surface area contributed by atoms with Crippen LogP contribution in [0, 0.1) is 17.8 Å². The Bertz CT molecular complexity index is 184. The van der Waals surface area contributed by atoms with Gasteiger partial charge >= 0.3 is 0 Å². The lowest BCUT2D eigenvalue weighted by atomic mass is 9.52.